The fourth-order valence-corrected chi connectivity index (χ4v) is 16.4. The molecule has 8 aromatic rings. The Morgan fingerprint density at radius 1 is 0.437 bits per heavy atom. The van der Waals surface area contributed by atoms with Gasteiger partial charge >= 0.3 is 28.4 Å². The Morgan fingerprint density at radius 2 is 0.730 bits per heavy atom. The fraction of sp³-hybridized carbons (Fsp3) is 0.478. The van der Waals surface area contributed by atoms with Crippen molar-refractivity contribution in [3.8, 4) is 5.75 Å². The number of aromatic nitrogens is 10. The van der Waals surface area contributed by atoms with Gasteiger partial charge in [-0.15, -0.1) is 32.9 Å². The van der Waals surface area contributed by atoms with Crippen LogP contribution >= 0.6 is 0 Å². The van der Waals surface area contributed by atoms with Crippen molar-refractivity contribution in [1.82, 2.24) is 47.8 Å². The molecular formula is C92H128F5N13O16. The number of H-pyrrole nitrogens is 2. The number of anilines is 3. The molecule has 5 saturated heterocycles. The third-order valence-corrected chi connectivity index (χ3v) is 23.8. The Hall–Kier alpha value is -11.1. The van der Waals surface area contributed by atoms with Gasteiger partial charge in [-0.1, -0.05) is 189 Å². The lowest BCUT2D eigenvalue weighted by Gasteiger charge is -2.37. The van der Waals surface area contributed by atoms with Crippen molar-refractivity contribution >= 4 is 17.5 Å². The van der Waals surface area contributed by atoms with Gasteiger partial charge in [0, 0.05) is 66.8 Å². The third-order valence-electron chi connectivity index (χ3n) is 23.8. The minimum atomic E-state index is -1.88. The number of halogens is 5. The van der Waals surface area contributed by atoms with E-state index in [2.05, 4.69) is 63.1 Å². The van der Waals surface area contributed by atoms with E-state index in [0.717, 1.165) is 46.8 Å². The number of rotatable bonds is 26. The van der Waals surface area contributed by atoms with E-state index >= 15 is 4.39 Å². The number of ether oxygens (including phenoxy) is 6. The molecule has 0 amide bonds. The molecule has 0 bridgehead atoms. The number of aliphatic hydroxyl groups excluding tert-OH is 3. The average Bonchev–Trinajstić information content (AvgIpc) is 1.25. The first-order chi connectivity index (χ1) is 57.7. The number of benzene rings is 3. The van der Waals surface area contributed by atoms with E-state index in [4.69, 9.17) is 39.9 Å². The molecule has 5 aliphatic rings. The van der Waals surface area contributed by atoms with Crippen LogP contribution in [0.2, 0.25) is 0 Å². The average molecular weight is 1770 g/mol. The monoisotopic (exact) mass is 1770 g/mol. The summed E-state index contributed by atoms with van der Waals surface area (Å²) in [6, 6.07) is 34.6. The number of nitrogens with two attached hydrogens (primary N) is 2. The number of hydrogen-bond donors (Lipinski definition) is 8. The second-order valence-electron chi connectivity index (χ2n) is 30.5. The molecule has 5 fully saturated rings. The van der Waals surface area contributed by atoms with Crippen molar-refractivity contribution in [3.05, 3.63) is 299 Å². The molecule has 3 aromatic carbocycles. The van der Waals surface area contributed by atoms with Gasteiger partial charge in [0.2, 0.25) is 0 Å². The van der Waals surface area contributed by atoms with E-state index < -0.39 is 160 Å². The normalized spacial score (nSPS) is 28.4. The molecular weight excluding hydrogens is 1640 g/mol. The van der Waals surface area contributed by atoms with E-state index in [9.17, 15) is 66.4 Å². The zero-order chi connectivity index (χ0) is 88.7. The van der Waals surface area contributed by atoms with Gasteiger partial charge in [0.1, 0.15) is 46.0 Å². The molecule has 692 valence electrons. The Labute approximate surface area is 732 Å². The SMILES string of the molecule is C.C.C.C.C.C=CC[C@]1(CC)O[C@@H](n2ccc(=O)[nH]c2=O)[C@H](F)[C@@H]1C.C=CC[C@]1(CC)O[C@@H](n2ccc(N)nc2=O)[C@H](F)[C@@H]1C.C=CC[C@]1(CC)O[C@@H](n2ccc(NC(c3ccccc3)(c3ccccc3)c3ccc(OC)cc3)nc2=O)[C@H](F)[C@@H]1C.C=CC[C@]1(CO)O[C@@H](n2ccc(=O)[nH]c2=O)[C@H](F)[C@@H]1C.C=CC[C@]1(CO)O[C@@H](n2ccc(N)nc2=O)[C@H](F)[C@@H]1O. The van der Waals surface area contributed by atoms with Crippen LogP contribution in [0.1, 0.15) is 185 Å². The van der Waals surface area contributed by atoms with E-state index in [1.807, 2.05) is 113 Å². The summed E-state index contributed by atoms with van der Waals surface area (Å²) in [6.07, 6.45) is 4.01. The van der Waals surface area contributed by atoms with Gasteiger partial charge in [0.15, 0.2) is 62.0 Å². The van der Waals surface area contributed by atoms with Gasteiger partial charge in [0.05, 0.1) is 37.1 Å². The van der Waals surface area contributed by atoms with Crippen molar-refractivity contribution in [2.45, 2.75) is 239 Å². The van der Waals surface area contributed by atoms with Crippen LogP contribution in [0.4, 0.5) is 39.4 Å². The van der Waals surface area contributed by atoms with Crippen LogP contribution in [0.3, 0.4) is 0 Å². The van der Waals surface area contributed by atoms with Crippen LogP contribution in [0.25, 0.3) is 0 Å². The van der Waals surface area contributed by atoms with Crippen molar-refractivity contribution in [3.63, 3.8) is 0 Å². The van der Waals surface area contributed by atoms with Gasteiger partial charge in [-0.2, -0.15) is 15.0 Å². The van der Waals surface area contributed by atoms with Crippen LogP contribution < -0.4 is 61.1 Å². The van der Waals surface area contributed by atoms with Crippen molar-refractivity contribution in [2.75, 3.05) is 37.1 Å². The summed E-state index contributed by atoms with van der Waals surface area (Å²) in [5, 5.41) is 32.5. The first kappa shape index (κ1) is 107. The Kier molecular flexibility index (Phi) is 39.0. The summed E-state index contributed by atoms with van der Waals surface area (Å²) in [6.45, 7) is 30.1. The maximum Gasteiger partial charge on any atom is 0.351 e. The van der Waals surface area contributed by atoms with Gasteiger partial charge in [-0.05, 0) is 98.4 Å². The maximum absolute atomic E-state index is 15.6. The predicted molar refractivity (Wildman–Crippen MR) is 481 cm³/mol. The Balaban J connectivity index is 0.000000341. The number of hydrogen-bond acceptors (Lipinski definition) is 22. The first-order valence-corrected chi connectivity index (χ1v) is 39.7. The lowest BCUT2D eigenvalue weighted by Crippen LogP contribution is -2.45. The highest BCUT2D eigenvalue weighted by Gasteiger charge is 2.58. The van der Waals surface area contributed by atoms with Crippen LogP contribution in [0, 0.1) is 23.7 Å². The van der Waals surface area contributed by atoms with E-state index in [-0.39, 0.29) is 80.1 Å². The molecule has 0 unspecified atom stereocenters. The number of nitrogens with zero attached hydrogens (tertiary/aromatic N) is 8. The van der Waals surface area contributed by atoms with Crippen LogP contribution in [0.15, 0.2) is 243 Å². The second-order valence-corrected chi connectivity index (χ2v) is 30.5. The fourth-order valence-electron chi connectivity index (χ4n) is 16.4. The van der Waals surface area contributed by atoms with E-state index in [0.29, 0.717) is 44.3 Å². The van der Waals surface area contributed by atoms with Crippen LogP contribution in [-0.2, 0) is 29.2 Å². The number of aromatic amines is 2. The number of alkyl halides is 5. The van der Waals surface area contributed by atoms with Crippen molar-refractivity contribution in [2.24, 2.45) is 23.7 Å². The second kappa shape index (κ2) is 45.9. The molecule has 34 heteroatoms. The van der Waals surface area contributed by atoms with Crippen molar-refractivity contribution in [1.29, 1.82) is 0 Å². The summed E-state index contributed by atoms with van der Waals surface area (Å²) in [4.78, 5) is 98.2. The minimum Gasteiger partial charge on any atom is -0.497 e. The van der Waals surface area contributed by atoms with Gasteiger partial charge in [0.25, 0.3) is 11.1 Å². The molecule has 0 saturated carbocycles. The number of nitrogens with one attached hydrogen (secondary N) is 3. The third kappa shape index (κ3) is 21.8. The molecule has 13 rings (SSSR count). The molecule has 5 aliphatic heterocycles. The Bertz CT molecular complexity index is 5070. The van der Waals surface area contributed by atoms with Crippen LogP contribution in [0.5, 0.6) is 5.75 Å². The standard InChI is InChI=1S/C34H36FN3O3.C14H20FN3O2.C14H19FN2O3.C13H17FN2O4.C12H16FN3O4.5CH4/c1-5-22-33(6-2)24(3)30(35)31(41-33)38-23-21-29(36-32(38)39)37-34(25-13-9-7-10-14-25,26-15-11-8-12-16-26)27-17-19-28(40-4)20-18-27;1-4-7-14(5-2)9(3)11(15)12(20-14)18-8-6-10(16)17-13(18)19;1-4-7-14(5-2)9(3)11(15)12(20-14)17-8-6-10(18)16-13(17)19;1-3-5-13(7-17)8(2)10(14)11(20-13)16-6-4-9(18)15-12(16)19;1-2-4-12(6-17)9(18)8(13)10(20-12)16-5-3-7(14)15-11(16)19;;;;;/h5,7-21,23-24,30-31H,1,6,22H2,2-4H3,(H,36,37,39);4,6,8-9,11-12H,1,5,7H2,2-3H3,(H2,16,17,19);4,6,8-9,11-12H,1,5,7H2,2-3H3,(H,16,18,19);3-4,6,8,10-11,17H,1,5,7H2,2H3,(H,15,18,19);2-3,5,8-10,17-18H,1,4,6H2,(H2,14,15,19);5*1H4/t24-,30+,31+,33-;2*9-,11+,12+,14-;8-,10+,11+,13+;8-,9+,10-,12-;;;;;/m00001...../s1. The van der Waals surface area contributed by atoms with Gasteiger partial charge in [-0.3, -0.25) is 42.4 Å². The minimum absolute atomic E-state index is 0. The zero-order valence-electron chi connectivity index (χ0n) is 68.8. The van der Waals surface area contributed by atoms with Gasteiger partial charge < -0.3 is 60.5 Å². The Morgan fingerprint density at radius 3 is 1.06 bits per heavy atom. The molecule has 0 aliphatic carbocycles. The topological polar surface area (TPSA) is 395 Å². The zero-order valence-corrected chi connectivity index (χ0v) is 68.8. The highest BCUT2D eigenvalue weighted by atomic mass is 19.2. The summed E-state index contributed by atoms with van der Waals surface area (Å²) >= 11 is 0. The number of aliphatic hydroxyl groups is 3. The highest BCUT2D eigenvalue weighted by molar-refractivity contribution is 5.58. The lowest BCUT2D eigenvalue weighted by atomic mass is 9.77. The smallest absolute Gasteiger partial charge is 0.351 e. The van der Waals surface area contributed by atoms with E-state index in [1.54, 1.807) is 58.4 Å². The summed E-state index contributed by atoms with van der Waals surface area (Å²) in [7, 11) is 1.63. The van der Waals surface area contributed by atoms with Crippen molar-refractivity contribution < 1.29 is 65.7 Å². The molecule has 0 spiro atoms. The highest BCUT2D eigenvalue weighted by Crippen LogP contribution is 2.51. The molecule has 126 heavy (non-hydrogen) atoms. The summed E-state index contributed by atoms with van der Waals surface area (Å²) in [5.41, 5.74) is 3.61. The maximum atomic E-state index is 15.6. The molecule has 5 aromatic heterocycles. The predicted octanol–water partition coefficient (Wildman–Crippen LogP) is 13.6. The summed E-state index contributed by atoms with van der Waals surface area (Å²) < 4.78 is 113. The largest absolute Gasteiger partial charge is 0.497 e. The molecule has 10 heterocycles. The molecule has 20 atom stereocenters. The molecule has 29 nitrogen and oxygen atoms in total. The quantitative estimate of drug-likeness (QED) is 0.0142. The molecule has 10 N–H and O–H groups in total. The lowest BCUT2D eigenvalue weighted by molar-refractivity contribution is -0.126. The number of nitrogen functional groups attached to an aromatic ring is 2. The van der Waals surface area contributed by atoms with E-state index in [1.165, 1.54) is 59.7 Å². The van der Waals surface area contributed by atoms with Crippen LogP contribution in [-0.4, -0.2) is 148 Å². The van der Waals surface area contributed by atoms with Gasteiger partial charge in [-0.25, -0.2) is 45.9 Å². The summed E-state index contributed by atoms with van der Waals surface area (Å²) in [5.74, 6) is -0.525. The first-order valence-electron chi connectivity index (χ1n) is 39.7. The number of methoxy groups -OCH3 is 1. The molecule has 0 radical (unpaired) electrons.